The highest BCUT2D eigenvalue weighted by atomic mass is 79.9. The lowest BCUT2D eigenvalue weighted by molar-refractivity contribution is 0.355. The predicted molar refractivity (Wildman–Crippen MR) is 70.0 cm³/mol. The third-order valence-electron chi connectivity index (χ3n) is 3.03. The van der Waals surface area contributed by atoms with Gasteiger partial charge in [-0.05, 0) is 39.2 Å². The molecule has 0 amide bonds. The molecule has 4 nitrogen and oxygen atoms in total. The number of aromatic nitrogens is 2. The number of anilines is 1. The van der Waals surface area contributed by atoms with Crippen LogP contribution in [0.15, 0.2) is 22.8 Å². The number of fused-ring (bicyclic) bond motifs is 1. The zero-order valence-electron chi connectivity index (χ0n) is 9.40. The van der Waals surface area contributed by atoms with Crippen LogP contribution in [-0.4, -0.2) is 16.4 Å². The first-order valence-electron chi connectivity index (χ1n) is 5.40. The van der Waals surface area contributed by atoms with Gasteiger partial charge < -0.3 is 10.5 Å². The van der Waals surface area contributed by atoms with E-state index in [2.05, 4.69) is 27.1 Å². The monoisotopic (exact) mass is 293 g/mol. The van der Waals surface area contributed by atoms with Gasteiger partial charge in [0, 0.05) is 19.0 Å². The van der Waals surface area contributed by atoms with Crippen LogP contribution in [0.25, 0.3) is 11.1 Å². The van der Waals surface area contributed by atoms with Crippen LogP contribution in [0.4, 0.5) is 5.82 Å². The van der Waals surface area contributed by atoms with Crippen LogP contribution in [0.1, 0.15) is 5.56 Å². The van der Waals surface area contributed by atoms with Gasteiger partial charge in [-0.25, -0.2) is 0 Å². The second-order valence-electron chi connectivity index (χ2n) is 4.11. The molecule has 0 unspecified atom stereocenters. The van der Waals surface area contributed by atoms with Crippen molar-refractivity contribution >= 4 is 21.7 Å². The van der Waals surface area contributed by atoms with Crippen molar-refractivity contribution in [2.75, 3.05) is 12.3 Å². The number of benzene rings is 1. The molecule has 0 spiro atoms. The number of hydrogen-bond donors (Lipinski definition) is 1. The van der Waals surface area contributed by atoms with Crippen molar-refractivity contribution < 1.29 is 4.74 Å². The number of aryl methyl sites for hydroxylation is 1. The van der Waals surface area contributed by atoms with Crippen LogP contribution in [0.2, 0.25) is 0 Å². The molecule has 3 rings (SSSR count). The number of ether oxygens (including phenoxy) is 1. The summed E-state index contributed by atoms with van der Waals surface area (Å²) in [5.74, 6) is 1.63. The van der Waals surface area contributed by atoms with Crippen molar-refractivity contribution in [1.82, 2.24) is 9.78 Å². The van der Waals surface area contributed by atoms with Gasteiger partial charge in [0.1, 0.15) is 11.6 Å². The summed E-state index contributed by atoms with van der Waals surface area (Å²) in [5.41, 5.74) is 9.24. The van der Waals surface area contributed by atoms with Crippen LogP contribution in [-0.2, 0) is 13.5 Å². The lowest BCUT2D eigenvalue weighted by atomic mass is 10.0. The van der Waals surface area contributed by atoms with Crippen molar-refractivity contribution in [3.05, 3.63) is 28.4 Å². The van der Waals surface area contributed by atoms with Gasteiger partial charge in [-0.3, -0.25) is 4.68 Å². The SMILES string of the molecule is Cn1ncc(-c2cc(Br)c3c(c2)CCO3)c1N. The minimum absolute atomic E-state index is 0.677. The van der Waals surface area contributed by atoms with Gasteiger partial charge in [0.05, 0.1) is 17.3 Å². The number of nitrogens with two attached hydrogens (primary N) is 1. The fourth-order valence-electron chi connectivity index (χ4n) is 2.09. The Hall–Kier alpha value is -1.49. The lowest BCUT2D eigenvalue weighted by Crippen LogP contribution is -1.98. The van der Waals surface area contributed by atoms with E-state index in [0.29, 0.717) is 5.82 Å². The Morgan fingerprint density at radius 2 is 2.29 bits per heavy atom. The highest BCUT2D eigenvalue weighted by molar-refractivity contribution is 9.10. The van der Waals surface area contributed by atoms with E-state index < -0.39 is 0 Å². The summed E-state index contributed by atoms with van der Waals surface area (Å²) in [4.78, 5) is 0. The van der Waals surface area contributed by atoms with E-state index in [9.17, 15) is 0 Å². The van der Waals surface area contributed by atoms with E-state index in [0.717, 1.165) is 34.4 Å². The van der Waals surface area contributed by atoms with Crippen molar-refractivity contribution in [3.63, 3.8) is 0 Å². The molecule has 1 aliphatic heterocycles. The molecule has 88 valence electrons. The summed E-state index contributed by atoms with van der Waals surface area (Å²) >= 11 is 3.53. The van der Waals surface area contributed by atoms with Gasteiger partial charge >= 0.3 is 0 Å². The Labute approximate surface area is 108 Å². The first kappa shape index (κ1) is 10.7. The van der Waals surface area contributed by atoms with Gasteiger partial charge in [0.15, 0.2) is 0 Å². The van der Waals surface area contributed by atoms with Crippen molar-refractivity contribution in [2.45, 2.75) is 6.42 Å². The maximum absolute atomic E-state index is 5.98. The van der Waals surface area contributed by atoms with E-state index in [1.54, 1.807) is 10.9 Å². The summed E-state index contributed by atoms with van der Waals surface area (Å²) in [6.07, 6.45) is 2.74. The maximum Gasteiger partial charge on any atom is 0.136 e. The zero-order valence-corrected chi connectivity index (χ0v) is 11.0. The van der Waals surface area contributed by atoms with Gasteiger partial charge in [-0.15, -0.1) is 0 Å². The normalized spacial score (nSPS) is 13.5. The molecule has 1 aliphatic rings. The molecule has 1 aromatic heterocycles. The van der Waals surface area contributed by atoms with E-state index in [1.165, 1.54) is 5.56 Å². The highest BCUT2D eigenvalue weighted by Crippen LogP contribution is 2.38. The average molecular weight is 294 g/mol. The summed E-state index contributed by atoms with van der Waals surface area (Å²) < 4.78 is 8.21. The number of rotatable bonds is 1. The molecular weight excluding hydrogens is 282 g/mol. The number of nitrogens with zero attached hydrogens (tertiary/aromatic N) is 2. The molecule has 0 fully saturated rings. The molecule has 0 atom stereocenters. The molecule has 2 heterocycles. The second kappa shape index (κ2) is 3.77. The fourth-order valence-corrected chi connectivity index (χ4v) is 2.70. The van der Waals surface area contributed by atoms with Crippen LogP contribution in [0.3, 0.4) is 0 Å². The Morgan fingerprint density at radius 3 is 3.00 bits per heavy atom. The maximum atomic E-state index is 5.98. The largest absolute Gasteiger partial charge is 0.492 e. The summed E-state index contributed by atoms with van der Waals surface area (Å²) in [5, 5.41) is 4.16. The molecule has 0 bridgehead atoms. The summed E-state index contributed by atoms with van der Waals surface area (Å²) in [6.45, 7) is 0.750. The molecule has 2 aromatic rings. The average Bonchev–Trinajstić information content (AvgIpc) is 2.88. The second-order valence-corrected chi connectivity index (χ2v) is 4.97. The van der Waals surface area contributed by atoms with Crippen molar-refractivity contribution in [1.29, 1.82) is 0 Å². The Morgan fingerprint density at radius 1 is 1.47 bits per heavy atom. The summed E-state index contributed by atoms with van der Waals surface area (Å²) in [7, 11) is 1.84. The number of nitrogen functional groups attached to an aromatic ring is 1. The van der Waals surface area contributed by atoms with Crippen LogP contribution < -0.4 is 10.5 Å². The molecule has 5 heteroatoms. The quantitative estimate of drug-likeness (QED) is 0.878. The van der Waals surface area contributed by atoms with E-state index in [4.69, 9.17) is 10.5 Å². The van der Waals surface area contributed by atoms with Crippen molar-refractivity contribution in [2.24, 2.45) is 7.05 Å². The first-order chi connectivity index (χ1) is 8.16. The van der Waals surface area contributed by atoms with Gasteiger partial charge in [-0.1, -0.05) is 0 Å². The van der Waals surface area contributed by atoms with Crippen LogP contribution >= 0.6 is 15.9 Å². The predicted octanol–water partition coefficient (Wildman–Crippen LogP) is 2.37. The number of hydrogen-bond acceptors (Lipinski definition) is 3. The standard InChI is InChI=1S/C12H12BrN3O/c1-16-12(14)9(6-15-16)8-4-7-2-3-17-11(7)10(13)5-8/h4-6H,2-3,14H2,1H3. The Balaban J connectivity index is 2.16. The van der Waals surface area contributed by atoms with Crippen molar-refractivity contribution in [3.8, 4) is 16.9 Å². The lowest BCUT2D eigenvalue weighted by Gasteiger charge is -2.06. The van der Waals surface area contributed by atoms with E-state index >= 15 is 0 Å². The third kappa shape index (κ3) is 1.61. The smallest absolute Gasteiger partial charge is 0.136 e. The highest BCUT2D eigenvalue weighted by Gasteiger charge is 2.18. The molecular formula is C12H12BrN3O. The van der Waals surface area contributed by atoms with E-state index in [-0.39, 0.29) is 0 Å². The van der Waals surface area contributed by atoms with Crippen LogP contribution in [0.5, 0.6) is 5.75 Å². The Kier molecular flexibility index (Phi) is 2.36. The molecule has 1 aromatic carbocycles. The summed E-state index contributed by atoms with van der Waals surface area (Å²) in [6, 6.07) is 4.15. The first-order valence-corrected chi connectivity index (χ1v) is 6.19. The molecule has 2 N–H and O–H groups in total. The Bertz CT molecular complexity index is 592. The van der Waals surface area contributed by atoms with E-state index in [1.807, 2.05) is 13.1 Å². The topological polar surface area (TPSA) is 53.1 Å². The fraction of sp³-hybridized carbons (Fsp3) is 0.250. The minimum atomic E-state index is 0.677. The molecule has 17 heavy (non-hydrogen) atoms. The molecule has 0 aliphatic carbocycles. The third-order valence-corrected chi connectivity index (χ3v) is 3.62. The van der Waals surface area contributed by atoms with Gasteiger partial charge in [-0.2, -0.15) is 5.10 Å². The minimum Gasteiger partial charge on any atom is -0.492 e. The molecule has 0 radical (unpaired) electrons. The number of halogens is 1. The van der Waals surface area contributed by atoms with Gasteiger partial charge in [0.25, 0.3) is 0 Å². The van der Waals surface area contributed by atoms with Crippen LogP contribution in [0, 0.1) is 0 Å². The molecule has 0 saturated carbocycles. The zero-order chi connectivity index (χ0) is 12.0. The molecule has 0 saturated heterocycles. The van der Waals surface area contributed by atoms with Gasteiger partial charge in [0.2, 0.25) is 0 Å².